The number of ketones is 1. The number of ether oxygens (including phenoxy) is 1. The molecule has 2 fully saturated rings. The quantitative estimate of drug-likeness (QED) is 0.683. The van der Waals surface area contributed by atoms with E-state index in [0.29, 0.717) is 25.8 Å². The molecule has 0 aromatic heterocycles. The van der Waals surface area contributed by atoms with Gasteiger partial charge < -0.3 is 4.74 Å². The summed E-state index contributed by atoms with van der Waals surface area (Å²) in [5.74, 6) is -0.295. The van der Waals surface area contributed by atoms with Crippen LogP contribution in [0.25, 0.3) is 0 Å². The molecule has 5 heteroatoms. The highest BCUT2D eigenvalue weighted by Gasteiger charge is 2.58. The van der Waals surface area contributed by atoms with Crippen molar-refractivity contribution in [2.75, 3.05) is 6.54 Å². The lowest BCUT2D eigenvalue weighted by Crippen LogP contribution is -2.53. The van der Waals surface area contributed by atoms with Crippen molar-refractivity contribution in [1.82, 2.24) is 4.90 Å². The Bertz CT molecular complexity index is 437. The number of nitrogens with zero attached hydrogens (tertiary/aromatic N) is 1. The van der Waals surface area contributed by atoms with Crippen molar-refractivity contribution in [3.63, 3.8) is 0 Å². The predicted octanol–water partition coefficient (Wildman–Crippen LogP) is 2.14. The first-order valence-corrected chi connectivity index (χ1v) is 6.78. The first kappa shape index (κ1) is 14.0. The molecule has 2 aliphatic rings. The SMILES string of the molecule is CC[C@@]12C[C@@H](CC1=O)CN(C(=O)OC(C)(C)C)C2=O. The summed E-state index contributed by atoms with van der Waals surface area (Å²) in [6.07, 6.45) is 0.814. The molecule has 0 radical (unpaired) electrons. The summed E-state index contributed by atoms with van der Waals surface area (Å²) in [4.78, 5) is 37.8. The van der Waals surface area contributed by atoms with Gasteiger partial charge in [-0.3, -0.25) is 9.59 Å². The van der Waals surface area contributed by atoms with Crippen LogP contribution in [0.3, 0.4) is 0 Å². The minimum absolute atomic E-state index is 0.0175. The van der Waals surface area contributed by atoms with Crippen LogP contribution in [-0.2, 0) is 14.3 Å². The topological polar surface area (TPSA) is 63.7 Å². The highest BCUT2D eigenvalue weighted by Crippen LogP contribution is 2.47. The fourth-order valence-corrected chi connectivity index (χ4v) is 3.04. The molecular formula is C14H21NO4. The number of fused-ring (bicyclic) bond motifs is 2. The van der Waals surface area contributed by atoms with Gasteiger partial charge in [-0.05, 0) is 39.5 Å². The van der Waals surface area contributed by atoms with E-state index in [4.69, 9.17) is 4.74 Å². The Hall–Kier alpha value is -1.39. The van der Waals surface area contributed by atoms with Gasteiger partial charge in [0, 0.05) is 13.0 Å². The van der Waals surface area contributed by atoms with Gasteiger partial charge in [0.25, 0.3) is 0 Å². The van der Waals surface area contributed by atoms with E-state index < -0.39 is 17.1 Å². The van der Waals surface area contributed by atoms with Crippen LogP contribution in [-0.4, -0.2) is 34.8 Å². The van der Waals surface area contributed by atoms with Crippen molar-refractivity contribution in [1.29, 1.82) is 0 Å². The fourth-order valence-electron chi connectivity index (χ4n) is 3.04. The van der Waals surface area contributed by atoms with Gasteiger partial charge in [-0.15, -0.1) is 0 Å². The summed E-state index contributed by atoms with van der Waals surface area (Å²) in [5, 5.41) is 0. The number of rotatable bonds is 1. The van der Waals surface area contributed by atoms with Gasteiger partial charge in [-0.2, -0.15) is 0 Å². The number of hydrogen-bond donors (Lipinski definition) is 0. The van der Waals surface area contributed by atoms with Gasteiger partial charge in [0.2, 0.25) is 5.91 Å². The second kappa shape index (κ2) is 4.32. The van der Waals surface area contributed by atoms with Gasteiger partial charge >= 0.3 is 6.09 Å². The molecule has 5 nitrogen and oxygen atoms in total. The van der Waals surface area contributed by atoms with Crippen LogP contribution < -0.4 is 0 Å². The van der Waals surface area contributed by atoms with Crippen molar-refractivity contribution in [2.24, 2.45) is 11.3 Å². The molecule has 1 saturated heterocycles. The third-order valence-corrected chi connectivity index (χ3v) is 3.96. The van der Waals surface area contributed by atoms with Crippen LogP contribution >= 0.6 is 0 Å². The molecule has 106 valence electrons. The lowest BCUT2D eigenvalue weighted by atomic mass is 9.78. The van der Waals surface area contributed by atoms with Crippen LogP contribution in [0.1, 0.15) is 47.0 Å². The Morgan fingerprint density at radius 1 is 1.42 bits per heavy atom. The lowest BCUT2D eigenvalue weighted by Gasteiger charge is -2.37. The van der Waals surface area contributed by atoms with Gasteiger partial charge in [-0.1, -0.05) is 6.92 Å². The van der Waals surface area contributed by atoms with Crippen LogP contribution in [0, 0.1) is 11.3 Å². The van der Waals surface area contributed by atoms with Crippen LogP contribution in [0.2, 0.25) is 0 Å². The smallest absolute Gasteiger partial charge is 0.417 e. The van der Waals surface area contributed by atoms with E-state index in [1.807, 2.05) is 6.92 Å². The summed E-state index contributed by atoms with van der Waals surface area (Å²) in [6.45, 7) is 7.41. The number of carbonyl (C=O) groups excluding carboxylic acids is 3. The molecule has 1 heterocycles. The molecule has 0 N–H and O–H groups in total. The Labute approximate surface area is 113 Å². The summed E-state index contributed by atoms with van der Waals surface area (Å²) in [5.41, 5.74) is -1.61. The second-order valence-corrected chi connectivity index (χ2v) is 6.53. The van der Waals surface area contributed by atoms with Gasteiger partial charge in [-0.25, -0.2) is 9.69 Å². The van der Waals surface area contributed by atoms with Crippen molar-refractivity contribution in [3.05, 3.63) is 0 Å². The highest BCUT2D eigenvalue weighted by atomic mass is 16.6. The first-order chi connectivity index (χ1) is 8.69. The predicted molar refractivity (Wildman–Crippen MR) is 68.4 cm³/mol. The van der Waals surface area contributed by atoms with Crippen LogP contribution in [0.15, 0.2) is 0 Å². The van der Waals surface area contributed by atoms with Crippen LogP contribution in [0.4, 0.5) is 4.79 Å². The van der Waals surface area contributed by atoms with Crippen molar-refractivity contribution in [2.45, 2.75) is 52.6 Å². The zero-order valence-corrected chi connectivity index (χ0v) is 12.0. The maximum absolute atomic E-state index is 12.5. The Morgan fingerprint density at radius 3 is 2.58 bits per heavy atom. The Morgan fingerprint density at radius 2 is 2.05 bits per heavy atom. The molecule has 2 rings (SSSR count). The second-order valence-electron chi connectivity index (χ2n) is 6.53. The molecule has 0 aromatic carbocycles. The maximum Gasteiger partial charge on any atom is 0.417 e. The van der Waals surface area contributed by atoms with Gasteiger partial charge in [0.05, 0.1) is 0 Å². The summed E-state index contributed by atoms with van der Waals surface area (Å²) >= 11 is 0. The normalized spacial score (nSPS) is 30.7. The zero-order valence-electron chi connectivity index (χ0n) is 12.0. The average molecular weight is 267 g/mol. The standard InChI is InChI=1S/C14H21NO4/c1-5-14-7-9(6-10(14)16)8-15(11(14)17)12(18)19-13(2,3)4/h9H,5-8H2,1-4H3/t9-,14-/m1/s1. The number of imide groups is 1. The molecule has 2 amide bonds. The van der Waals surface area contributed by atoms with Crippen molar-refractivity contribution >= 4 is 17.8 Å². The molecule has 19 heavy (non-hydrogen) atoms. The van der Waals surface area contributed by atoms with Crippen LogP contribution in [0.5, 0.6) is 0 Å². The van der Waals surface area contributed by atoms with Gasteiger partial charge in [0.15, 0.2) is 0 Å². The minimum Gasteiger partial charge on any atom is -0.443 e. The average Bonchev–Trinajstić information content (AvgIpc) is 2.55. The fraction of sp³-hybridized carbons (Fsp3) is 0.786. The van der Waals surface area contributed by atoms with Crippen molar-refractivity contribution in [3.8, 4) is 0 Å². The number of hydrogen-bond acceptors (Lipinski definition) is 4. The number of likely N-dealkylation sites (tertiary alicyclic amines) is 1. The molecule has 0 spiro atoms. The minimum atomic E-state index is -0.972. The van der Waals surface area contributed by atoms with E-state index in [1.54, 1.807) is 20.8 Å². The summed E-state index contributed by atoms with van der Waals surface area (Å²) in [6, 6.07) is 0. The largest absolute Gasteiger partial charge is 0.443 e. The molecule has 2 atom stereocenters. The maximum atomic E-state index is 12.5. The number of Topliss-reactive ketones (excluding diaryl/α,β-unsaturated/α-hetero) is 1. The molecule has 0 aromatic rings. The third-order valence-electron chi connectivity index (χ3n) is 3.96. The molecule has 0 unspecified atom stereocenters. The number of carbonyl (C=O) groups is 3. The molecular weight excluding hydrogens is 246 g/mol. The molecule has 1 aliphatic heterocycles. The molecule has 1 saturated carbocycles. The lowest BCUT2D eigenvalue weighted by molar-refractivity contribution is -0.149. The zero-order chi connectivity index (χ0) is 14.4. The van der Waals surface area contributed by atoms with Gasteiger partial charge in [0.1, 0.15) is 16.8 Å². The molecule has 1 aliphatic carbocycles. The summed E-state index contributed by atoms with van der Waals surface area (Å²) in [7, 11) is 0. The summed E-state index contributed by atoms with van der Waals surface area (Å²) < 4.78 is 5.25. The third kappa shape index (κ3) is 2.26. The first-order valence-electron chi connectivity index (χ1n) is 6.78. The van der Waals surface area contributed by atoms with E-state index in [1.165, 1.54) is 0 Å². The monoisotopic (exact) mass is 267 g/mol. The van der Waals surface area contributed by atoms with E-state index >= 15 is 0 Å². The molecule has 2 bridgehead atoms. The van der Waals surface area contributed by atoms with E-state index in [-0.39, 0.29) is 17.6 Å². The number of amides is 2. The van der Waals surface area contributed by atoms with Crippen molar-refractivity contribution < 1.29 is 19.1 Å². The Kier molecular flexibility index (Phi) is 3.19. The van der Waals surface area contributed by atoms with E-state index in [0.717, 1.165) is 4.90 Å². The number of piperidine rings is 1. The van der Waals surface area contributed by atoms with E-state index in [9.17, 15) is 14.4 Å². The van der Waals surface area contributed by atoms with E-state index in [2.05, 4.69) is 0 Å². The Balaban J connectivity index is 2.23. The highest BCUT2D eigenvalue weighted by molar-refractivity contribution is 6.12.